The molecule has 1 heterocycles. The zero-order valence-electron chi connectivity index (χ0n) is 11.4. The number of aryl methyl sites for hydroxylation is 1. The van der Waals surface area contributed by atoms with E-state index in [9.17, 15) is 8.42 Å². The van der Waals surface area contributed by atoms with E-state index in [-0.39, 0.29) is 17.5 Å². The molecule has 3 N–H and O–H groups in total. The van der Waals surface area contributed by atoms with E-state index in [1.807, 2.05) is 6.92 Å². The van der Waals surface area contributed by atoms with Crippen molar-refractivity contribution in [1.82, 2.24) is 4.72 Å². The highest BCUT2D eigenvalue weighted by atomic mass is 32.2. The summed E-state index contributed by atoms with van der Waals surface area (Å²) >= 11 is 0. The van der Waals surface area contributed by atoms with Crippen molar-refractivity contribution in [3.05, 3.63) is 17.6 Å². The summed E-state index contributed by atoms with van der Waals surface area (Å²) in [7, 11) is -3.52. The Morgan fingerprint density at radius 2 is 2.00 bits per heavy atom. The maximum absolute atomic E-state index is 12.2. The van der Waals surface area contributed by atoms with Gasteiger partial charge in [-0.05, 0) is 26.2 Å². The van der Waals surface area contributed by atoms with Gasteiger partial charge >= 0.3 is 0 Å². The first-order valence-electron chi connectivity index (χ1n) is 6.08. The number of hydrogen-bond donors (Lipinski definition) is 2. The molecule has 18 heavy (non-hydrogen) atoms. The van der Waals surface area contributed by atoms with Crippen molar-refractivity contribution in [3.63, 3.8) is 0 Å². The second-order valence-corrected chi connectivity index (χ2v) is 6.67. The molecule has 0 aliphatic rings. The molecule has 0 aromatic carbocycles. The van der Waals surface area contributed by atoms with Crippen molar-refractivity contribution in [1.29, 1.82) is 0 Å². The molecular formula is C12H22N2O3S. The summed E-state index contributed by atoms with van der Waals surface area (Å²) in [5, 5.41) is 0. The van der Waals surface area contributed by atoms with Crippen molar-refractivity contribution in [2.24, 2.45) is 11.7 Å². The average molecular weight is 274 g/mol. The summed E-state index contributed by atoms with van der Waals surface area (Å²) in [6, 6.07) is 1.38. The smallest absolute Gasteiger partial charge is 0.244 e. The second kappa shape index (κ2) is 5.86. The first-order valence-corrected chi connectivity index (χ1v) is 7.56. The van der Waals surface area contributed by atoms with Crippen LogP contribution < -0.4 is 10.5 Å². The molecule has 1 atom stereocenters. The largest absolute Gasteiger partial charge is 0.464 e. The highest BCUT2D eigenvalue weighted by Gasteiger charge is 2.23. The summed E-state index contributed by atoms with van der Waals surface area (Å²) < 4.78 is 32.2. The molecule has 0 saturated heterocycles. The monoisotopic (exact) mass is 274 g/mol. The minimum absolute atomic E-state index is 0.106. The lowest BCUT2D eigenvalue weighted by Gasteiger charge is -2.15. The van der Waals surface area contributed by atoms with Gasteiger partial charge in [0.05, 0.1) is 6.54 Å². The highest BCUT2D eigenvalue weighted by molar-refractivity contribution is 7.89. The molecule has 1 rings (SSSR count). The fourth-order valence-corrected chi connectivity index (χ4v) is 3.43. The van der Waals surface area contributed by atoms with Crippen LogP contribution in [0.4, 0.5) is 0 Å². The van der Waals surface area contributed by atoms with Crippen molar-refractivity contribution in [3.8, 4) is 0 Å². The molecule has 0 bridgehead atoms. The first kappa shape index (κ1) is 15.2. The maximum atomic E-state index is 12.2. The summed E-state index contributed by atoms with van der Waals surface area (Å²) in [4.78, 5) is 0.179. The van der Waals surface area contributed by atoms with Gasteiger partial charge in [-0.3, -0.25) is 0 Å². The number of nitrogens with one attached hydrogen (secondary N) is 1. The summed E-state index contributed by atoms with van der Waals surface area (Å²) in [5.74, 6) is 1.29. The molecule has 5 nitrogen and oxygen atoms in total. The molecule has 6 heteroatoms. The Bertz CT molecular complexity index is 491. The summed E-state index contributed by atoms with van der Waals surface area (Å²) in [5.41, 5.74) is 5.43. The van der Waals surface area contributed by atoms with Crippen LogP contribution in [0.1, 0.15) is 38.7 Å². The third kappa shape index (κ3) is 3.83. The lowest BCUT2D eigenvalue weighted by atomic mass is 10.1. The third-order valence-electron chi connectivity index (χ3n) is 2.60. The predicted octanol–water partition coefficient (Wildman–Crippen LogP) is 1.76. The fraction of sp³-hybridized carbons (Fsp3) is 0.667. The van der Waals surface area contributed by atoms with Gasteiger partial charge in [0.2, 0.25) is 10.0 Å². The van der Waals surface area contributed by atoms with Crippen molar-refractivity contribution in [2.75, 3.05) is 0 Å². The normalized spacial score (nSPS) is 14.1. The molecule has 1 aromatic heterocycles. The lowest BCUT2D eigenvalue weighted by Crippen LogP contribution is -2.33. The van der Waals surface area contributed by atoms with Gasteiger partial charge in [-0.1, -0.05) is 13.8 Å². The third-order valence-corrected chi connectivity index (χ3v) is 4.29. The molecule has 1 aromatic rings. The highest BCUT2D eigenvalue weighted by Crippen LogP contribution is 2.20. The predicted molar refractivity (Wildman–Crippen MR) is 70.6 cm³/mol. The Hall–Kier alpha value is -0.850. The Kier molecular flexibility index (Phi) is 4.95. The van der Waals surface area contributed by atoms with Crippen molar-refractivity contribution < 1.29 is 12.8 Å². The van der Waals surface area contributed by atoms with Gasteiger partial charge in [0.1, 0.15) is 16.4 Å². The van der Waals surface area contributed by atoms with E-state index in [4.69, 9.17) is 10.2 Å². The Morgan fingerprint density at radius 1 is 1.39 bits per heavy atom. The molecule has 0 aliphatic carbocycles. The van der Waals surface area contributed by atoms with Crippen molar-refractivity contribution >= 4 is 10.0 Å². The minimum Gasteiger partial charge on any atom is -0.464 e. The Balaban J connectivity index is 2.89. The fourth-order valence-electron chi connectivity index (χ4n) is 1.98. The molecule has 0 spiro atoms. The van der Waals surface area contributed by atoms with E-state index in [1.54, 1.807) is 6.92 Å². The van der Waals surface area contributed by atoms with Gasteiger partial charge < -0.3 is 10.2 Å². The number of nitrogens with two attached hydrogens (primary N) is 1. The van der Waals surface area contributed by atoms with Gasteiger partial charge in [-0.15, -0.1) is 0 Å². The SMILES string of the molecule is Cc1oc(CN)cc1S(=O)(=O)NC(C)CC(C)C. The number of rotatable bonds is 6. The topological polar surface area (TPSA) is 85.3 Å². The van der Waals surface area contributed by atoms with E-state index in [0.29, 0.717) is 17.4 Å². The van der Waals surface area contributed by atoms with Gasteiger partial charge in [0.25, 0.3) is 0 Å². The van der Waals surface area contributed by atoms with Gasteiger partial charge in [0, 0.05) is 12.1 Å². The van der Waals surface area contributed by atoms with Crippen LogP contribution in [-0.4, -0.2) is 14.5 Å². The summed E-state index contributed by atoms with van der Waals surface area (Å²) in [6.45, 7) is 7.79. The molecule has 0 fully saturated rings. The van der Waals surface area contributed by atoms with E-state index >= 15 is 0 Å². The molecule has 0 amide bonds. The van der Waals surface area contributed by atoms with Gasteiger partial charge in [0.15, 0.2) is 0 Å². The zero-order chi connectivity index (χ0) is 13.9. The second-order valence-electron chi connectivity index (χ2n) is 4.99. The van der Waals surface area contributed by atoms with E-state index in [2.05, 4.69) is 18.6 Å². The average Bonchev–Trinajstić information content (AvgIpc) is 2.58. The first-order chi connectivity index (χ1) is 8.26. The molecule has 0 saturated carbocycles. The molecule has 104 valence electrons. The van der Waals surface area contributed by atoms with Gasteiger partial charge in [-0.25, -0.2) is 13.1 Å². The minimum atomic E-state index is -3.52. The zero-order valence-corrected chi connectivity index (χ0v) is 12.2. The number of furan rings is 1. The summed E-state index contributed by atoms with van der Waals surface area (Å²) in [6.07, 6.45) is 0.792. The molecule has 1 unspecified atom stereocenters. The van der Waals surface area contributed by atoms with Crippen LogP contribution >= 0.6 is 0 Å². The standard InChI is InChI=1S/C12H22N2O3S/c1-8(2)5-9(3)14-18(15,16)12-6-11(7-13)17-10(12)4/h6,8-9,14H,5,7,13H2,1-4H3. The Labute approximate surface area is 109 Å². The van der Waals surface area contributed by atoms with Crippen LogP contribution in [0.25, 0.3) is 0 Å². The Morgan fingerprint density at radius 3 is 2.44 bits per heavy atom. The van der Waals surface area contributed by atoms with Crippen LogP contribution in [0.5, 0.6) is 0 Å². The number of sulfonamides is 1. The molecule has 0 radical (unpaired) electrons. The quantitative estimate of drug-likeness (QED) is 0.827. The molecular weight excluding hydrogens is 252 g/mol. The van der Waals surface area contributed by atoms with Crippen molar-refractivity contribution in [2.45, 2.75) is 51.6 Å². The van der Waals surface area contributed by atoms with E-state index < -0.39 is 10.0 Å². The van der Waals surface area contributed by atoms with E-state index in [0.717, 1.165) is 6.42 Å². The van der Waals surface area contributed by atoms with Crippen LogP contribution in [0, 0.1) is 12.8 Å². The molecule has 0 aliphatic heterocycles. The maximum Gasteiger partial charge on any atom is 0.244 e. The number of hydrogen-bond acceptors (Lipinski definition) is 4. The van der Waals surface area contributed by atoms with Gasteiger partial charge in [-0.2, -0.15) is 0 Å². The van der Waals surface area contributed by atoms with Crippen LogP contribution in [0.2, 0.25) is 0 Å². The van der Waals surface area contributed by atoms with E-state index in [1.165, 1.54) is 6.07 Å². The van der Waals surface area contributed by atoms with Crippen LogP contribution in [-0.2, 0) is 16.6 Å². The van der Waals surface area contributed by atoms with Crippen LogP contribution in [0.3, 0.4) is 0 Å². The lowest BCUT2D eigenvalue weighted by molar-refractivity contribution is 0.472. The van der Waals surface area contributed by atoms with Crippen LogP contribution in [0.15, 0.2) is 15.4 Å².